The molecule has 2 atom stereocenters. The number of rotatable bonds is 3. The number of halogens is 3. The smallest absolute Gasteiger partial charge is 0.309 e. The molecule has 1 saturated carbocycles. The molecular weight excluding hydrogens is 258 g/mol. The molecule has 0 N–H and O–H groups in total. The van der Waals surface area contributed by atoms with Crippen molar-refractivity contribution in [1.29, 1.82) is 0 Å². The maximum absolute atomic E-state index is 11.6. The van der Waals surface area contributed by atoms with Gasteiger partial charge < -0.3 is 4.74 Å². The molecule has 2 nitrogen and oxygen atoms in total. The molecule has 0 spiro atoms. The SMILES string of the molecule is CCOC(=O)C1C(CC(Cl)(Cl)Cl)C1(C)C. The van der Waals surface area contributed by atoms with E-state index >= 15 is 0 Å². The van der Waals surface area contributed by atoms with Crippen LogP contribution in [-0.2, 0) is 9.53 Å². The maximum Gasteiger partial charge on any atom is 0.309 e. The minimum Gasteiger partial charge on any atom is -0.466 e. The van der Waals surface area contributed by atoms with Gasteiger partial charge in [-0.15, -0.1) is 0 Å². The molecule has 1 fully saturated rings. The highest BCUT2D eigenvalue weighted by molar-refractivity contribution is 6.67. The zero-order valence-electron chi connectivity index (χ0n) is 9.02. The zero-order valence-corrected chi connectivity index (χ0v) is 11.3. The lowest BCUT2D eigenvalue weighted by molar-refractivity contribution is -0.145. The van der Waals surface area contributed by atoms with Gasteiger partial charge in [0.1, 0.15) is 0 Å². The summed E-state index contributed by atoms with van der Waals surface area (Å²) < 4.78 is 3.69. The van der Waals surface area contributed by atoms with Gasteiger partial charge >= 0.3 is 5.97 Å². The summed E-state index contributed by atoms with van der Waals surface area (Å²) in [6, 6.07) is 0. The van der Waals surface area contributed by atoms with Crippen LogP contribution in [0.3, 0.4) is 0 Å². The van der Waals surface area contributed by atoms with Gasteiger partial charge in [-0.1, -0.05) is 48.7 Å². The van der Waals surface area contributed by atoms with E-state index < -0.39 is 3.79 Å². The number of ether oxygens (including phenoxy) is 1. The number of carbonyl (C=O) groups is 1. The highest BCUT2D eigenvalue weighted by Crippen LogP contribution is 2.63. The second-order valence-electron chi connectivity index (χ2n) is 4.48. The van der Waals surface area contributed by atoms with Gasteiger partial charge in [0.05, 0.1) is 12.5 Å². The van der Waals surface area contributed by atoms with Crippen LogP contribution in [0.25, 0.3) is 0 Å². The van der Waals surface area contributed by atoms with E-state index in [1.807, 2.05) is 13.8 Å². The quantitative estimate of drug-likeness (QED) is 0.580. The summed E-state index contributed by atoms with van der Waals surface area (Å²) in [5.74, 6) is -0.209. The van der Waals surface area contributed by atoms with Crippen molar-refractivity contribution in [2.24, 2.45) is 17.3 Å². The van der Waals surface area contributed by atoms with Crippen LogP contribution in [0.2, 0.25) is 0 Å². The normalized spacial score (nSPS) is 28.7. The third-order valence-electron chi connectivity index (χ3n) is 3.04. The van der Waals surface area contributed by atoms with Gasteiger partial charge in [-0.3, -0.25) is 4.79 Å². The van der Waals surface area contributed by atoms with E-state index in [2.05, 4.69) is 0 Å². The van der Waals surface area contributed by atoms with Crippen LogP contribution in [0.5, 0.6) is 0 Å². The highest BCUT2D eigenvalue weighted by Gasteiger charge is 2.63. The average molecular weight is 274 g/mol. The first-order valence-corrected chi connectivity index (χ1v) is 6.07. The number of hydrogen-bond acceptors (Lipinski definition) is 2. The van der Waals surface area contributed by atoms with Crippen molar-refractivity contribution in [3.05, 3.63) is 0 Å². The molecule has 1 rings (SSSR count). The Morgan fingerprint density at radius 2 is 1.93 bits per heavy atom. The van der Waals surface area contributed by atoms with E-state index in [1.54, 1.807) is 6.92 Å². The number of carbonyl (C=O) groups excluding carboxylic acids is 1. The van der Waals surface area contributed by atoms with Crippen molar-refractivity contribution in [3.8, 4) is 0 Å². The lowest BCUT2D eigenvalue weighted by Gasteiger charge is -2.10. The summed E-state index contributed by atoms with van der Waals surface area (Å²) >= 11 is 17.2. The molecule has 1 aliphatic carbocycles. The minimum absolute atomic E-state index is 0.101. The highest BCUT2D eigenvalue weighted by atomic mass is 35.6. The Morgan fingerprint density at radius 3 is 2.33 bits per heavy atom. The predicted molar refractivity (Wildman–Crippen MR) is 62.3 cm³/mol. The Hall–Kier alpha value is 0.340. The van der Waals surface area contributed by atoms with Crippen LogP contribution >= 0.6 is 34.8 Å². The third kappa shape index (κ3) is 3.15. The van der Waals surface area contributed by atoms with E-state index in [9.17, 15) is 4.79 Å². The number of alkyl halides is 3. The van der Waals surface area contributed by atoms with Crippen molar-refractivity contribution < 1.29 is 9.53 Å². The fourth-order valence-corrected chi connectivity index (χ4v) is 2.57. The molecule has 0 aromatic carbocycles. The zero-order chi connectivity index (χ0) is 11.9. The van der Waals surface area contributed by atoms with E-state index in [0.717, 1.165) is 0 Å². The van der Waals surface area contributed by atoms with Crippen LogP contribution < -0.4 is 0 Å². The first kappa shape index (κ1) is 13.4. The van der Waals surface area contributed by atoms with Crippen molar-refractivity contribution in [1.82, 2.24) is 0 Å². The maximum atomic E-state index is 11.6. The average Bonchev–Trinajstić information content (AvgIpc) is 2.50. The topological polar surface area (TPSA) is 26.3 Å². The molecule has 0 bridgehead atoms. The molecule has 0 aromatic rings. The molecule has 15 heavy (non-hydrogen) atoms. The monoisotopic (exact) mass is 272 g/mol. The molecule has 5 heteroatoms. The lowest BCUT2D eigenvalue weighted by Crippen LogP contribution is -2.11. The Kier molecular flexibility index (Phi) is 3.85. The van der Waals surface area contributed by atoms with Crippen molar-refractivity contribution >= 4 is 40.8 Å². The number of esters is 1. The molecule has 2 unspecified atom stereocenters. The molecule has 0 saturated heterocycles. The van der Waals surface area contributed by atoms with Gasteiger partial charge in [-0.2, -0.15) is 0 Å². The van der Waals surface area contributed by atoms with Crippen LogP contribution in [0, 0.1) is 17.3 Å². The van der Waals surface area contributed by atoms with Gasteiger partial charge in [0.2, 0.25) is 0 Å². The second kappa shape index (κ2) is 4.31. The van der Waals surface area contributed by atoms with Crippen LogP contribution in [-0.4, -0.2) is 16.4 Å². The van der Waals surface area contributed by atoms with Gasteiger partial charge in [0.25, 0.3) is 0 Å². The molecule has 0 heterocycles. The van der Waals surface area contributed by atoms with Crippen molar-refractivity contribution in [2.45, 2.75) is 31.0 Å². The predicted octanol–water partition coefficient (Wildman–Crippen LogP) is 3.58. The lowest BCUT2D eigenvalue weighted by atomic mass is 10.1. The molecule has 0 amide bonds. The summed E-state index contributed by atoms with van der Waals surface area (Å²) in [6.45, 7) is 6.18. The van der Waals surface area contributed by atoms with Gasteiger partial charge in [-0.25, -0.2) is 0 Å². The first-order chi connectivity index (χ1) is 6.70. The molecule has 88 valence electrons. The fraction of sp³-hybridized carbons (Fsp3) is 0.900. The van der Waals surface area contributed by atoms with E-state index in [-0.39, 0.29) is 23.2 Å². The van der Waals surface area contributed by atoms with Crippen molar-refractivity contribution in [2.75, 3.05) is 6.61 Å². The standard InChI is InChI=1S/C10H15Cl3O2/c1-4-15-8(14)7-6(9(7,2)3)5-10(11,12)13/h6-7H,4-5H2,1-3H3. The van der Waals surface area contributed by atoms with Gasteiger partial charge in [0.15, 0.2) is 3.79 Å². The molecule has 1 aliphatic rings. The largest absolute Gasteiger partial charge is 0.466 e. The van der Waals surface area contributed by atoms with Crippen LogP contribution in [0.1, 0.15) is 27.2 Å². The minimum atomic E-state index is -1.29. The summed E-state index contributed by atoms with van der Waals surface area (Å²) in [7, 11) is 0. The molecule has 0 aliphatic heterocycles. The molecule has 0 radical (unpaired) electrons. The van der Waals surface area contributed by atoms with E-state index in [0.29, 0.717) is 13.0 Å². The summed E-state index contributed by atoms with van der Waals surface area (Å²) in [5, 5.41) is 0. The van der Waals surface area contributed by atoms with Gasteiger partial charge in [-0.05, 0) is 24.7 Å². The number of hydrogen-bond donors (Lipinski definition) is 0. The van der Waals surface area contributed by atoms with E-state index in [1.165, 1.54) is 0 Å². The summed E-state index contributed by atoms with van der Waals surface area (Å²) in [4.78, 5) is 11.6. The fourth-order valence-electron chi connectivity index (χ4n) is 2.07. The van der Waals surface area contributed by atoms with Crippen molar-refractivity contribution in [3.63, 3.8) is 0 Å². The Labute approximate surface area is 105 Å². The molecular formula is C10H15Cl3O2. The third-order valence-corrected chi connectivity index (χ3v) is 3.51. The summed E-state index contributed by atoms with van der Waals surface area (Å²) in [5.41, 5.74) is -0.115. The van der Waals surface area contributed by atoms with Crippen LogP contribution in [0.15, 0.2) is 0 Å². The van der Waals surface area contributed by atoms with E-state index in [4.69, 9.17) is 39.5 Å². The Morgan fingerprint density at radius 1 is 1.40 bits per heavy atom. The Bertz CT molecular complexity index is 258. The first-order valence-electron chi connectivity index (χ1n) is 4.93. The van der Waals surface area contributed by atoms with Crippen LogP contribution in [0.4, 0.5) is 0 Å². The van der Waals surface area contributed by atoms with Gasteiger partial charge in [0, 0.05) is 0 Å². The summed E-state index contributed by atoms with van der Waals surface area (Å²) in [6.07, 6.45) is 0.397. The second-order valence-corrected chi connectivity index (χ2v) is 6.99. The molecule has 0 aromatic heterocycles. The Balaban J connectivity index is 2.59.